The van der Waals surface area contributed by atoms with Crippen molar-refractivity contribution in [1.29, 1.82) is 0 Å². The van der Waals surface area contributed by atoms with Crippen LogP contribution in [0, 0.1) is 5.92 Å². The molecule has 88 valence electrons. The Morgan fingerprint density at radius 2 is 2.31 bits per heavy atom. The van der Waals surface area contributed by atoms with E-state index in [1.54, 1.807) is 12.4 Å². The smallest absolute Gasteiger partial charge is 0.137 e. The summed E-state index contributed by atoms with van der Waals surface area (Å²) in [7, 11) is 0. The van der Waals surface area contributed by atoms with Gasteiger partial charge in [0.15, 0.2) is 0 Å². The zero-order valence-corrected chi connectivity index (χ0v) is 9.72. The number of aliphatic hydroxyl groups is 1. The highest BCUT2D eigenvalue weighted by atomic mass is 16.5. The number of pyridine rings is 1. The molecule has 1 aliphatic rings. The van der Waals surface area contributed by atoms with Crippen molar-refractivity contribution in [3.05, 3.63) is 24.0 Å². The van der Waals surface area contributed by atoms with Crippen molar-refractivity contribution in [3.63, 3.8) is 0 Å². The Bertz CT molecular complexity index is 336. The molecule has 1 fully saturated rings. The maximum Gasteiger partial charge on any atom is 0.137 e. The summed E-state index contributed by atoms with van der Waals surface area (Å²) in [5.74, 6) is 1.44. The molecule has 0 aromatic carbocycles. The molecule has 1 atom stereocenters. The van der Waals surface area contributed by atoms with E-state index < -0.39 is 6.10 Å². The lowest BCUT2D eigenvalue weighted by atomic mass is 9.80. The molecule has 0 bridgehead atoms. The van der Waals surface area contributed by atoms with Crippen LogP contribution in [0.5, 0.6) is 5.75 Å². The van der Waals surface area contributed by atoms with Crippen molar-refractivity contribution < 1.29 is 9.84 Å². The molecule has 0 saturated heterocycles. The molecule has 0 radical (unpaired) electrons. The first kappa shape index (κ1) is 11.4. The molecule has 0 aliphatic heterocycles. The third-order valence-electron chi connectivity index (χ3n) is 3.21. The molecule has 3 nitrogen and oxygen atoms in total. The largest absolute Gasteiger partial charge is 0.492 e. The second kappa shape index (κ2) is 5.30. The van der Waals surface area contributed by atoms with Gasteiger partial charge in [0.2, 0.25) is 0 Å². The third kappa shape index (κ3) is 2.73. The topological polar surface area (TPSA) is 42.4 Å². The Hall–Kier alpha value is -1.09. The predicted molar refractivity (Wildman–Crippen MR) is 62.3 cm³/mol. The highest BCUT2D eigenvalue weighted by Gasteiger charge is 2.22. The first-order valence-electron chi connectivity index (χ1n) is 6.05. The summed E-state index contributed by atoms with van der Waals surface area (Å²) < 4.78 is 5.37. The van der Waals surface area contributed by atoms with Crippen molar-refractivity contribution in [2.45, 2.75) is 38.7 Å². The SMILES string of the molecule is CCOc1cncc(C(O)CC2CCC2)c1. The maximum absolute atomic E-state index is 10.1. The third-order valence-corrected chi connectivity index (χ3v) is 3.21. The molecule has 16 heavy (non-hydrogen) atoms. The summed E-state index contributed by atoms with van der Waals surface area (Å²) >= 11 is 0. The van der Waals surface area contributed by atoms with Gasteiger partial charge in [0.1, 0.15) is 5.75 Å². The van der Waals surface area contributed by atoms with Crippen molar-refractivity contribution in [3.8, 4) is 5.75 Å². The van der Waals surface area contributed by atoms with E-state index in [1.165, 1.54) is 19.3 Å². The Labute approximate surface area is 96.5 Å². The van der Waals surface area contributed by atoms with Gasteiger partial charge in [-0.05, 0) is 25.3 Å². The Kier molecular flexibility index (Phi) is 3.78. The molecular weight excluding hydrogens is 202 g/mol. The van der Waals surface area contributed by atoms with E-state index in [0.717, 1.165) is 17.7 Å². The highest BCUT2D eigenvalue weighted by molar-refractivity contribution is 5.25. The van der Waals surface area contributed by atoms with Crippen molar-refractivity contribution in [1.82, 2.24) is 4.98 Å². The van der Waals surface area contributed by atoms with Gasteiger partial charge in [-0.2, -0.15) is 0 Å². The van der Waals surface area contributed by atoms with E-state index in [-0.39, 0.29) is 0 Å². The lowest BCUT2D eigenvalue weighted by Gasteiger charge is -2.27. The van der Waals surface area contributed by atoms with Gasteiger partial charge in [0.25, 0.3) is 0 Å². The van der Waals surface area contributed by atoms with Crippen LogP contribution >= 0.6 is 0 Å². The van der Waals surface area contributed by atoms with Crippen LogP contribution in [0.25, 0.3) is 0 Å². The molecule has 3 heteroatoms. The number of hydrogen-bond acceptors (Lipinski definition) is 3. The monoisotopic (exact) mass is 221 g/mol. The Morgan fingerprint density at radius 3 is 2.94 bits per heavy atom. The first-order chi connectivity index (χ1) is 7.79. The summed E-state index contributed by atoms with van der Waals surface area (Å²) in [5, 5.41) is 10.1. The molecule has 1 aliphatic carbocycles. The molecule has 1 unspecified atom stereocenters. The zero-order chi connectivity index (χ0) is 11.4. The van der Waals surface area contributed by atoms with Crippen LogP contribution in [-0.4, -0.2) is 16.7 Å². The standard InChI is InChI=1S/C13H19NO2/c1-2-16-12-7-11(8-14-9-12)13(15)6-10-4-3-5-10/h7-10,13,15H,2-6H2,1H3. The second-order valence-electron chi connectivity index (χ2n) is 4.44. The number of rotatable bonds is 5. The van der Waals surface area contributed by atoms with Crippen LogP contribution < -0.4 is 4.74 Å². The molecule has 1 saturated carbocycles. The minimum Gasteiger partial charge on any atom is -0.492 e. The maximum atomic E-state index is 10.1. The lowest BCUT2D eigenvalue weighted by Crippen LogP contribution is -2.15. The van der Waals surface area contributed by atoms with Gasteiger partial charge in [-0.25, -0.2) is 0 Å². The molecule has 2 rings (SSSR count). The van der Waals surface area contributed by atoms with Crippen LogP contribution in [0.1, 0.15) is 44.3 Å². The van der Waals surface area contributed by atoms with Crippen molar-refractivity contribution in [2.24, 2.45) is 5.92 Å². The van der Waals surface area contributed by atoms with Crippen LogP contribution in [-0.2, 0) is 0 Å². The van der Waals surface area contributed by atoms with Gasteiger partial charge in [-0.3, -0.25) is 4.98 Å². The van der Waals surface area contributed by atoms with Crippen LogP contribution in [0.2, 0.25) is 0 Å². The molecule has 0 amide bonds. The molecule has 0 spiro atoms. The van der Waals surface area contributed by atoms with Gasteiger partial charge in [0, 0.05) is 11.8 Å². The quantitative estimate of drug-likeness (QED) is 0.831. The lowest BCUT2D eigenvalue weighted by molar-refractivity contribution is 0.118. The van der Waals surface area contributed by atoms with Gasteiger partial charge >= 0.3 is 0 Å². The summed E-state index contributed by atoms with van der Waals surface area (Å²) in [6.45, 7) is 2.57. The van der Waals surface area contributed by atoms with Crippen LogP contribution in [0.3, 0.4) is 0 Å². The van der Waals surface area contributed by atoms with Crippen molar-refractivity contribution in [2.75, 3.05) is 6.61 Å². The average molecular weight is 221 g/mol. The number of ether oxygens (including phenoxy) is 1. The summed E-state index contributed by atoms with van der Waals surface area (Å²) in [4.78, 5) is 4.09. The van der Waals surface area contributed by atoms with Gasteiger partial charge in [-0.15, -0.1) is 0 Å². The minimum atomic E-state index is -0.391. The number of aliphatic hydroxyl groups excluding tert-OH is 1. The van der Waals surface area contributed by atoms with E-state index in [0.29, 0.717) is 12.5 Å². The number of nitrogens with zero attached hydrogens (tertiary/aromatic N) is 1. The van der Waals surface area contributed by atoms with E-state index >= 15 is 0 Å². The fourth-order valence-corrected chi connectivity index (χ4v) is 2.04. The molecule has 1 aromatic rings. The Balaban J connectivity index is 1.97. The fourth-order valence-electron chi connectivity index (χ4n) is 2.04. The molecule has 1 N–H and O–H groups in total. The molecule has 1 heterocycles. The summed E-state index contributed by atoms with van der Waals surface area (Å²) in [5.41, 5.74) is 0.873. The van der Waals surface area contributed by atoms with Crippen LogP contribution in [0.4, 0.5) is 0 Å². The van der Waals surface area contributed by atoms with Gasteiger partial charge < -0.3 is 9.84 Å². The van der Waals surface area contributed by atoms with Gasteiger partial charge in [-0.1, -0.05) is 19.3 Å². The highest BCUT2D eigenvalue weighted by Crippen LogP contribution is 2.34. The van der Waals surface area contributed by atoms with E-state index in [1.807, 2.05) is 13.0 Å². The van der Waals surface area contributed by atoms with E-state index in [9.17, 15) is 5.11 Å². The van der Waals surface area contributed by atoms with Gasteiger partial charge in [0.05, 0.1) is 18.9 Å². The van der Waals surface area contributed by atoms with E-state index in [4.69, 9.17) is 4.74 Å². The number of hydrogen-bond donors (Lipinski definition) is 1. The normalized spacial score (nSPS) is 17.9. The fraction of sp³-hybridized carbons (Fsp3) is 0.615. The Morgan fingerprint density at radius 1 is 1.50 bits per heavy atom. The minimum absolute atomic E-state index is 0.391. The summed E-state index contributed by atoms with van der Waals surface area (Å²) in [6, 6.07) is 1.89. The van der Waals surface area contributed by atoms with Crippen molar-refractivity contribution >= 4 is 0 Å². The second-order valence-corrected chi connectivity index (χ2v) is 4.44. The zero-order valence-electron chi connectivity index (χ0n) is 9.72. The van der Waals surface area contributed by atoms with E-state index in [2.05, 4.69) is 4.98 Å². The predicted octanol–water partition coefficient (Wildman–Crippen LogP) is 2.70. The first-order valence-corrected chi connectivity index (χ1v) is 6.05. The molecular formula is C13H19NO2. The number of aromatic nitrogens is 1. The average Bonchev–Trinajstić information content (AvgIpc) is 2.24. The molecule has 1 aromatic heterocycles. The summed E-state index contributed by atoms with van der Waals surface area (Å²) in [6.07, 6.45) is 7.71. The van der Waals surface area contributed by atoms with Crippen LogP contribution in [0.15, 0.2) is 18.5 Å².